The smallest absolute Gasteiger partial charge is 0.305 e. The molecular weight excluding hydrogens is 360 g/mol. The number of ether oxygens (including phenoxy) is 1. The Kier molecular flexibility index (Phi) is 22.3. The average molecular weight is 409 g/mol. The molecule has 29 heavy (non-hydrogen) atoms. The van der Waals surface area contributed by atoms with Crippen molar-refractivity contribution >= 4 is 5.97 Å². The minimum Gasteiger partial charge on any atom is -0.463 e. The number of aliphatic hydroxyl groups is 1. The highest BCUT2D eigenvalue weighted by atomic mass is 16.5. The van der Waals surface area contributed by atoms with Crippen LogP contribution in [0.3, 0.4) is 0 Å². The first-order chi connectivity index (χ1) is 14.2. The second-order valence-electron chi connectivity index (χ2n) is 8.13. The summed E-state index contributed by atoms with van der Waals surface area (Å²) in [6.07, 6.45) is 27.4. The molecule has 0 radical (unpaired) electrons. The molecule has 0 saturated heterocycles. The Morgan fingerprint density at radius 3 is 1.97 bits per heavy atom. The van der Waals surface area contributed by atoms with E-state index in [2.05, 4.69) is 38.2 Å². The molecule has 0 saturated carbocycles. The van der Waals surface area contributed by atoms with Crippen molar-refractivity contribution in [2.75, 3.05) is 6.61 Å². The van der Waals surface area contributed by atoms with E-state index in [4.69, 9.17) is 4.74 Å². The summed E-state index contributed by atoms with van der Waals surface area (Å²) >= 11 is 0. The lowest BCUT2D eigenvalue weighted by Gasteiger charge is -2.11. The van der Waals surface area contributed by atoms with E-state index in [9.17, 15) is 9.90 Å². The number of rotatable bonds is 21. The molecule has 0 rings (SSSR count). The van der Waals surface area contributed by atoms with E-state index in [1.165, 1.54) is 64.2 Å². The highest BCUT2D eigenvalue weighted by Crippen LogP contribution is 2.10. The molecular formula is C26H48O3. The third-order valence-corrected chi connectivity index (χ3v) is 5.14. The molecule has 1 unspecified atom stereocenters. The Hall–Kier alpha value is -1.09. The van der Waals surface area contributed by atoms with Crippen molar-refractivity contribution in [3.8, 4) is 0 Å². The Morgan fingerprint density at radius 1 is 0.759 bits per heavy atom. The average Bonchev–Trinajstić information content (AvgIpc) is 2.72. The number of carbonyl (C=O) groups is 1. The number of hydrogen-bond donors (Lipinski definition) is 1. The van der Waals surface area contributed by atoms with Crippen molar-refractivity contribution in [1.29, 1.82) is 0 Å². The summed E-state index contributed by atoms with van der Waals surface area (Å²) in [7, 11) is 0. The molecule has 0 aromatic carbocycles. The zero-order valence-electron chi connectivity index (χ0n) is 19.4. The predicted molar refractivity (Wildman–Crippen MR) is 125 cm³/mol. The molecule has 0 aromatic rings. The Balaban J connectivity index is 3.33. The fraction of sp³-hybridized carbons (Fsp3) is 0.808. The van der Waals surface area contributed by atoms with Crippen molar-refractivity contribution in [3.05, 3.63) is 24.3 Å². The Morgan fingerprint density at radius 2 is 1.31 bits per heavy atom. The number of aliphatic hydroxyl groups excluding tert-OH is 1. The van der Waals surface area contributed by atoms with Crippen LogP contribution >= 0.6 is 0 Å². The van der Waals surface area contributed by atoms with Gasteiger partial charge < -0.3 is 9.84 Å². The number of allylic oxidation sites excluding steroid dienone is 4. The van der Waals surface area contributed by atoms with Gasteiger partial charge in [0.25, 0.3) is 0 Å². The Bertz CT molecular complexity index is 401. The maximum Gasteiger partial charge on any atom is 0.305 e. The van der Waals surface area contributed by atoms with Gasteiger partial charge in [-0.15, -0.1) is 0 Å². The number of esters is 1. The van der Waals surface area contributed by atoms with E-state index < -0.39 is 6.10 Å². The highest BCUT2D eigenvalue weighted by Gasteiger charge is 2.08. The third kappa shape index (κ3) is 23.1. The minimum absolute atomic E-state index is 0.159. The van der Waals surface area contributed by atoms with Crippen LogP contribution in [-0.4, -0.2) is 23.8 Å². The second kappa shape index (κ2) is 23.2. The van der Waals surface area contributed by atoms with Gasteiger partial charge in [0, 0.05) is 6.42 Å². The van der Waals surface area contributed by atoms with E-state index in [0.29, 0.717) is 6.42 Å². The fourth-order valence-corrected chi connectivity index (χ4v) is 3.26. The third-order valence-electron chi connectivity index (χ3n) is 5.14. The quantitative estimate of drug-likeness (QED) is 0.120. The SMILES string of the molecule is CC/C=C\CCCC/C=C\CCCCCCCC(=O)OCC(O)CCCCCC. The van der Waals surface area contributed by atoms with Gasteiger partial charge in [0.05, 0.1) is 6.10 Å². The molecule has 0 bridgehead atoms. The highest BCUT2D eigenvalue weighted by molar-refractivity contribution is 5.69. The van der Waals surface area contributed by atoms with Crippen molar-refractivity contribution in [2.45, 2.75) is 129 Å². The van der Waals surface area contributed by atoms with Crippen molar-refractivity contribution < 1.29 is 14.6 Å². The van der Waals surface area contributed by atoms with Crippen LogP contribution in [0.1, 0.15) is 123 Å². The monoisotopic (exact) mass is 408 g/mol. The minimum atomic E-state index is -0.498. The summed E-state index contributed by atoms with van der Waals surface area (Å²) in [5.74, 6) is -0.161. The molecule has 0 aliphatic heterocycles. The summed E-state index contributed by atoms with van der Waals surface area (Å²) in [4.78, 5) is 11.7. The van der Waals surface area contributed by atoms with Crippen LogP contribution in [-0.2, 0) is 9.53 Å². The molecule has 1 atom stereocenters. The number of carbonyl (C=O) groups excluding carboxylic acids is 1. The van der Waals surface area contributed by atoms with Crippen LogP contribution in [0.5, 0.6) is 0 Å². The van der Waals surface area contributed by atoms with Gasteiger partial charge in [0.15, 0.2) is 0 Å². The van der Waals surface area contributed by atoms with Crippen molar-refractivity contribution in [2.24, 2.45) is 0 Å². The molecule has 0 amide bonds. The first kappa shape index (κ1) is 27.9. The molecule has 3 heteroatoms. The maximum absolute atomic E-state index is 11.7. The van der Waals surface area contributed by atoms with Crippen LogP contribution in [0.4, 0.5) is 0 Å². The molecule has 0 fully saturated rings. The van der Waals surface area contributed by atoms with Gasteiger partial charge in [-0.1, -0.05) is 83.1 Å². The predicted octanol–water partition coefficient (Wildman–Crippen LogP) is 7.67. The molecule has 0 aromatic heterocycles. The van der Waals surface area contributed by atoms with E-state index in [1.54, 1.807) is 0 Å². The van der Waals surface area contributed by atoms with Gasteiger partial charge in [0.2, 0.25) is 0 Å². The van der Waals surface area contributed by atoms with Crippen LogP contribution in [0.15, 0.2) is 24.3 Å². The van der Waals surface area contributed by atoms with Gasteiger partial charge in [-0.05, 0) is 57.8 Å². The van der Waals surface area contributed by atoms with Gasteiger partial charge in [0.1, 0.15) is 6.61 Å². The molecule has 1 N–H and O–H groups in total. The summed E-state index contributed by atoms with van der Waals surface area (Å²) in [6.45, 7) is 4.51. The topological polar surface area (TPSA) is 46.5 Å². The normalized spacial score (nSPS) is 12.8. The van der Waals surface area contributed by atoms with E-state index in [0.717, 1.165) is 38.5 Å². The molecule has 3 nitrogen and oxygen atoms in total. The summed E-state index contributed by atoms with van der Waals surface area (Å²) in [6, 6.07) is 0. The van der Waals surface area contributed by atoms with Crippen LogP contribution in [0.25, 0.3) is 0 Å². The summed E-state index contributed by atoms with van der Waals surface area (Å²) in [5, 5.41) is 9.82. The van der Waals surface area contributed by atoms with Crippen LogP contribution < -0.4 is 0 Å². The molecule has 170 valence electrons. The summed E-state index contributed by atoms with van der Waals surface area (Å²) in [5.41, 5.74) is 0. The summed E-state index contributed by atoms with van der Waals surface area (Å²) < 4.78 is 5.18. The van der Waals surface area contributed by atoms with Gasteiger partial charge in [-0.25, -0.2) is 0 Å². The van der Waals surface area contributed by atoms with Crippen molar-refractivity contribution in [3.63, 3.8) is 0 Å². The largest absolute Gasteiger partial charge is 0.463 e. The van der Waals surface area contributed by atoms with E-state index >= 15 is 0 Å². The molecule has 0 heterocycles. The number of unbranched alkanes of at least 4 members (excludes halogenated alkanes) is 11. The lowest BCUT2D eigenvalue weighted by Crippen LogP contribution is -2.18. The van der Waals surface area contributed by atoms with Gasteiger partial charge in [-0.3, -0.25) is 4.79 Å². The molecule has 0 aliphatic rings. The number of hydrogen-bond acceptors (Lipinski definition) is 3. The lowest BCUT2D eigenvalue weighted by atomic mass is 10.1. The van der Waals surface area contributed by atoms with E-state index in [-0.39, 0.29) is 12.6 Å². The van der Waals surface area contributed by atoms with Gasteiger partial charge in [-0.2, -0.15) is 0 Å². The molecule has 0 aliphatic carbocycles. The first-order valence-corrected chi connectivity index (χ1v) is 12.3. The zero-order valence-corrected chi connectivity index (χ0v) is 19.4. The van der Waals surface area contributed by atoms with Gasteiger partial charge >= 0.3 is 5.97 Å². The standard InChI is InChI=1S/C26H48O3/c1-3-5-7-9-10-11-12-13-14-15-16-17-18-19-21-23-26(28)29-24-25(27)22-20-8-6-4-2/h5,7,13-14,25,27H,3-4,6,8-12,15-24H2,1-2H3/b7-5-,14-13-. The van der Waals surface area contributed by atoms with Crippen molar-refractivity contribution in [1.82, 2.24) is 0 Å². The second-order valence-corrected chi connectivity index (χ2v) is 8.13. The maximum atomic E-state index is 11.7. The van der Waals surface area contributed by atoms with E-state index in [1.807, 2.05) is 0 Å². The molecule has 0 spiro atoms. The van der Waals surface area contributed by atoms with Crippen LogP contribution in [0.2, 0.25) is 0 Å². The fourth-order valence-electron chi connectivity index (χ4n) is 3.26. The zero-order chi connectivity index (χ0) is 21.4. The Labute approximate surface area is 181 Å². The van der Waals surface area contributed by atoms with Crippen LogP contribution in [0, 0.1) is 0 Å². The lowest BCUT2D eigenvalue weighted by molar-refractivity contribution is -0.146. The first-order valence-electron chi connectivity index (χ1n) is 12.3.